The summed E-state index contributed by atoms with van der Waals surface area (Å²) in [5.41, 5.74) is 5.18. The third-order valence-electron chi connectivity index (χ3n) is 8.48. The molecule has 14 nitrogen and oxygen atoms in total. The average molecular weight is 907 g/mol. The number of amides is 2. The molecule has 1 unspecified atom stereocenters. The number of aryl methyl sites for hydroxylation is 1. The molecule has 0 spiro atoms. The highest BCUT2D eigenvalue weighted by atomic mass is 16.5. The molecule has 14 heteroatoms. The number of rotatable bonds is 20. The number of carbonyl (C=O) groups excluding carboxylic acids is 5. The summed E-state index contributed by atoms with van der Waals surface area (Å²) in [5, 5.41) is 18.2. The van der Waals surface area contributed by atoms with E-state index in [0.29, 0.717) is 19.1 Å². The molecular weight excluding hydrogens is 821 g/mol. The zero-order valence-electron chi connectivity index (χ0n) is 42.0. The maximum Gasteiger partial charge on any atom is 0.307 e. The Balaban J connectivity index is -0.000000823. The molecule has 6 N–H and O–H groups in total. The molecular formula is C51H86N8O6. The highest BCUT2D eigenvalue weighted by Crippen LogP contribution is 2.18. The van der Waals surface area contributed by atoms with Crippen LogP contribution in [0.4, 0.5) is 11.4 Å². The van der Waals surface area contributed by atoms with Crippen LogP contribution in [0.2, 0.25) is 0 Å². The monoisotopic (exact) mass is 907 g/mol. The predicted molar refractivity (Wildman–Crippen MR) is 271 cm³/mol. The first-order valence-corrected chi connectivity index (χ1v) is 23.4. The maximum atomic E-state index is 11.6. The van der Waals surface area contributed by atoms with Crippen LogP contribution in [-0.2, 0) is 41.7 Å². The number of benzene rings is 2. The first-order chi connectivity index (χ1) is 31.5. The van der Waals surface area contributed by atoms with Gasteiger partial charge in [0.15, 0.2) is 0 Å². The van der Waals surface area contributed by atoms with Crippen molar-refractivity contribution in [2.75, 3.05) is 64.6 Å². The van der Waals surface area contributed by atoms with E-state index in [4.69, 9.17) is 0 Å². The second kappa shape index (κ2) is 46.5. The molecule has 1 atom stereocenters. The zero-order valence-corrected chi connectivity index (χ0v) is 42.0. The number of likely N-dealkylation sites (N-methyl/N-ethyl adjacent to an activating group) is 2. The van der Waals surface area contributed by atoms with E-state index in [1.165, 1.54) is 44.8 Å². The van der Waals surface area contributed by atoms with Gasteiger partial charge in [0.1, 0.15) is 18.4 Å². The number of carbonyl (C=O) groups is 5. The zero-order chi connectivity index (χ0) is 49.5. The number of ether oxygens (including phenoxy) is 1. The van der Waals surface area contributed by atoms with Crippen molar-refractivity contribution < 1.29 is 28.7 Å². The van der Waals surface area contributed by atoms with Crippen molar-refractivity contribution in [3.05, 3.63) is 102 Å². The molecule has 4 rings (SSSR count). The van der Waals surface area contributed by atoms with Crippen LogP contribution >= 0.6 is 0 Å². The first-order valence-electron chi connectivity index (χ1n) is 23.4. The van der Waals surface area contributed by atoms with E-state index < -0.39 is 6.04 Å². The molecule has 2 aromatic carbocycles. The number of hydrogen-bond acceptors (Lipinski definition) is 12. The Morgan fingerprint density at radius 1 is 0.862 bits per heavy atom. The number of aldehydes is 2. The summed E-state index contributed by atoms with van der Waals surface area (Å²) in [5.74, 6) is 0.607. The Labute approximate surface area is 392 Å². The number of likely N-dealkylation sites (tertiary alicyclic amines) is 1. The van der Waals surface area contributed by atoms with Crippen molar-refractivity contribution in [1.29, 1.82) is 0 Å². The van der Waals surface area contributed by atoms with Gasteiger partial charge in [-0.25, -0.2) is 0 Å². The van der Waals surface area contributed by atoms with Crippen molar-refractivity contribution in [2.45, 2.75) is 126 Å². The van der Waals surface area contributed by atoms with Crippen LogP contribution in [0.15, 0.2) is 84.8 Å². The molecule has 2 amide bonds. The van der Waals surface area contributed by atoms with Crippen LogP contribution in [-0.4, -0.2) is 100 Å². The summed E-state index contributed by atoms with van der Waals surface area (Å²) in [6.07, 6.45) is 12.6. The smallest absolute Gasteiger partial charge is 0.307 e. The van der Waals surface area contributed by atoms with Crippen molar-refractivity contribution >= 4 is 41.7 Å². The van der Waals surface area contributed by atoms with Gasteiger partial charge in [0.2, 0.25) is 11.8 Å². The summed E-state index contributed by atoms with van der Waals surface area (Å²) in [4.78, 5) is 59.8. The van der Waals surface area contributed by atoms with Crippen molar-refractivity contribution in [3.8, 4) is 0 Å². The Hall–Kier alpha value is -5.44. The fourth-order valence-corrected chi connectivity index (χ4v) is 5.19. The van der Waals surface area contributed by atoms with Gasteiger partial charge in [-0.05, 0) is 101 Å². The maximum absolute atomic E-state index is 11.6. The van der Waals surface area contributed by atoms with Crippen LogP contribution in [0.25, 0.3) is 0 Å². The molecule has 0 radical (unpaired) electrons. The fraction of sp³-hybridized carbons (Fsp3) is 0.529. The molecule has 0 aliphatic carbocycles. The normalized spacial score (nSPS) is 11.3. The Morgan fingerprint density at radius 2 is 1.49 bits per heavy atom. The van der Waals surface area contributed by atoms with E-state index in [9.17, 15) is 24.0 Å². The van der Waals surface area contributed by atoms with Crippen LogP contribution < -0.4 is 31.9 Å². The molecule has 65 heavy (non-hydrogen) atoms. The van der Waals surface area contributed by atoms with Crippen LogP contribution in [0.5, 0.6) is 0 Å². The highest BCUT2D eigenvalue weighted by molar-refractivity contribution is 5.80. The summed E-state index contributed by atoms with van der Waals surface area (Å²) < 4.78 is 4.35. The predicted octanol–water partition coefficient (Wildman–Crippen LogP) is 8.23. The number of nitrogens with one attached hydrogen (secondary N) is 6. The summed E-state index contributed by atoms with van der Waals surface area (Å²) >= 11 is 0. The number of esters is 1. The number of hydrogen-bond donors (Lipinski definition) is 6. The van der Waals surface area contributed by atoms with Gasteiger partial charge in [0, 0.05) is 37.2 Å². The number of anilines is 2. The van der Waals surface area contributed by atoms with E-state index in [2.05, 4.69) is 88.4 Å². The number of aromatic nitrogens is 1. The number of methoxy groups -OCH3 is 1. The van der Waals surface area contributed by atoms with E-state index in [-0.39, 0.29) is 37.2 Å². The topological polar surface area (TPSA) is 183 Å². The fourth-order valence-electron chi connectivity index (χ4n) is 5.19. The summed E-state index contributed by atoms with van der Waals surface area (Å²) in [7, 11) is 4.70. The number of allylic oxidation sites excluding steroid dienone is 1. The second-order valence-electron chi connectivity index (χ2n) is 13.9. The van der Waals surface area contributed by atoms with Gasteiger partial charge < -0.3 is 51.1 Å². The molecule has 1 fully saturated rings. The SMILES string of the molecule is CC.CC.CC/C=C(/Nc1ccc(CC(=O)NCC=O)cc1)Nc1ccccc1C.CCC.CCCCNCc1ccccn1.CNC(C=O)CC(=O)OC.CNCC(=O)N1CCCC1. The molecule has 366 valence electrons. The van der Waals surface area contributed by atoms with Gasteiger partial charge in [-0.2, -0.15) is 0 Å². The summed E-state index contributed by atoms with van der Waals surface area (Å²) in [6.45, 7) is 23.0. The van der Waals surface area contributed by atoms with Gasteiger partial charge in [-0.15, -0.1) is 0 Å². The Morgan fingerprint density at radius 3 is 2.00 bits per heavy atom. The van der Waals surface area contributed by atoms with Crippen molar-refractivity contribution in [2.24, 2.45) is 0 Å². The summed E-state index contributed by atoms with van der Waals surface area (Å²) in [6, 6.07) is 21.4. The molecule has 1 aliphatic rings. The van der Waals surface area contributed by atoms with E-state index in [1.54, 1.807) is 14.1 Å². The molecule has 1 aromatic heterocycles. The van der Waals surface area contributed by atoms with Gasteiger partial charge in [-0.1, -0.05) is 105 Å². The lowest BCUT2D eigenvalue weighted by molar-refractivity contribution is -0.142. The highest BCUT2D eigenvalue weighted by Gasteiger charge is 2.16. The Bertz CT molecular complexity index is 1640. The number of unbranched alkanes of at least 4 members (excludes halogenated alkanes) is 1. The van der Waals surface area contributed by atoms with E-state index >= 15 is 0 Å². The molecule has 2 heterocycles. The third-order valence-corrected chi connectivity index (χ3v) is 8.48. The minimum Gasteiger partial charge on any atom is -0.469 e. The van der Waals surface area contributed by atoms with Gasteiger partial charge in [0.05, 0.1) is 44.8 Å². The lowest BCUT2D eigenvalue weighted by Gasteiger charge is -2.16. The first kappa shape index (κ1) is 63.8. The van der Waals surface area contributed by atoms with E-state index in [0.717, 1.165) is 61.1 Å². The van der Waals surface area contributed by atoms with E-state index in [1.807, 2.05) is 99.5 Å². The lowest BCUT2D eigenvalue weighted by Crippen LogP contribution is -2.34. The second-order valence-corrected chi connectivity index (χ2v) is 13.9. The minimum atomic E-state index is -0.424. The van der Waals surface area contributed by atoms with Crippen LogP contribution in [0, 0.1) is 6.92 Å². The average Bonchev–Trinajstić information content (AvgIpc) is 3.89. The van der Waals surface area contributed by atoms with Crippen LogP contribution in [0.3, 0.4) is 0 Å². The van der Waals surface area contributed by atoms with Crippen molar-refractivity contribution in [3.63, 3.8) is 0 Å². The molecule has 1 aliphatic heterocycles. The van der Waals surface area contributed by atoms with Gasteiger partial charge >= 0.3 is 5.97 Å². The van der Waals surface area contributed by atoms with Gasteiger partial charge in [-0.3, -0.25) is 19.4 Å². The van der Waals surface area contributed by atoms with Crippen molar-refractivity contribution in [1.82, 2.24) is 31.2 Å². The molecule has 3 aromatic rings. The molecule has 1 saturated heterocycles. The number of nitrogens with zero attached hydrogens (tertiary/aromatic N) is 2. The largest absolute Gasteiger partial charge is 0.469 e. The van der Waals surface area contributed by atoms with Gasteiger partial charge in [0.25, 0.3) is 0 Å². The molecule has 0 bridgehead atoms. The third kappa shape index (κ3) is 35.6. The quantitative estimate of drug-likeness (QED) is 0.0364. The number of pyridine rings is 1. The number of para-hydroxylation sites is 1. The molecule has 0 saturated carbocycles. The lowest BCUT2D eigenvalue weighted by atomic mass is 10.1. The van der Waals surface area contributed by atoms with Crippen LogP contribution in [0.1, 0.15) is 117 Å². The Kier molecular flexibility index (Phi) is 45.7. The standard InChI is InChI=1S/C21H25N3O2.C10H16N2.C7H14N2O.C6H11NO3.C3H8.2C2H6/c1-3-6-20(24-19-8-5-4-7-16(19)2)23-18-11-9-17(10-12-18)15-21(26)22-13-14-25;1-2-3-7-11-9-10-6-4-5-8-12-10;1-8-6-7(10)9-4-2-3-5-9;1-7-5(4-8)3-6(9)10-2;1-3-2;2*1-2/h4-12,14,23-24H,3,13,15H2,1-2H3,(H,22,26);4-6,8,11H,2-3,7,9H2,1H3;8H,2-6H2,1H3;4-5,7H,3H2,1-2H3;3H2,1-2H3;2*1-2H3/b20-6-;;;;;;. The minimum absolute atomic E-state index is 0.0498.